The molecular formula is C23H26N2O4. The van der Waals surface area contributed by atoms with Crippen LogP contribution < -0.4 is 10.5 Å². The molecule has 6 nitrogen and oxygen atoms in total. The lowest BCUT2D eigenvalue weighted by Crippen LogP contribution is -2.32. The van der Waals surface area contributed by atoms with Gasteiger partial charge in [0.1, 0.15) is 17.6 Å². The van der Waals surface area contributed by atoms with Crippen molar-refractivity contribution in [1.29, 1.82) is 0 Å². The maximum atomic E-state index is 10.8. The molecule has 1 atom stereocenters. The molecule has 2 aromatic carbocycles. The number of carboxylic acids is 1. The minimum atomic E-state index is -1.000. The van der Waals surface area contributed by atoms with Crippen LogP contribution in [0.15, 0.2) is 59.0 Å². The van der Waals surface area contributed by atoms with Gasteiger partial charge in [0, 0.05) is 12.0 Å². The molecule has 0 amide bonds. The lowest BCUT2D eigenvalue weighted by Gasteiger charge is -2.09. The van der Waals surface area contributed by atoms with Crippen LogP contribution in [0.25, 0.3) is 11.5 Å². The van der Waals surface area contributed by atoms with Crippen LogP contribution in [-0.2, 0) is 24.1 Å². The SMILES string of the molecule is CCc1oc(-c2ccccc2)nc1CCCOc1ccc(CC(N)C(=O)O)cc1. The van der Waals surface area contributed by atoms with Crippen LogP contribution in [0.2, 0.25) is 0 Å². The van der Waals surface area contributed by atoms with Gasteiger partial charge >= 0.3 is 5.97 Å². The first-order chi connectivity index (χ1) is 14.1. The van der Waals surface area contributed by atoms with E-state index in [1.54, 1.807) is 0 Å². The van der Waals surface area contributed by atoms with Crippen molar-refractivity contribution in [3.05, 3.63) is 71.6 Å². The van der Waals surface area contributed by atoms with Crippen molar-refractivity contribution in [3.63, 3.8) is 0 Å². The zero-order valence-corrected chi connectivity index (χ0v) is 16.5. The van der Waals surface area contributed by atoms with Gasteiger partial charge in [-0.05, 0) is 49.1 Å². The molecule has 0 saturated heterocycles. The zero-order valence-electron chi connectivity index (χ0n) is 16.5. The predicted octanol–water partition coefficient (Wildman–Crippen LogP) is 3.87. The molecule has 0 aliphatic heterocycles. The monoisotopic (exact) mass is 394 g/mol. The van der Waals surface area contributed by atoms with E-state index in [-0.39, 0.29) is 0 Å². The molecule has 0 radical (unpaired) electrons. The van der Waals surface area contributed by atoms with E-state index in [1.165, 1.54) is 0 Å². The Labute approximate surface area is 170 Å². The number of benzene rings is 2. The van der Waals surface area contributed by atoms with Gasteiger partial charge in [0.05, 0.1) is 12.3 Å². The number of hydrogen-bond donors (Lipinski definition) is 2. The highest BCUT2D eigenvalue weighted by atomic mass is 16.5. The van der Waals surface area contributed by atoms with Crippen LogP contribution >= 0.6 is 0 Å². The van der Waals surface area contributed by atoms with Gasteiger partial charge in [-0.25, -0.2) is 4.98 Å². The number of nitrogens with two attached hydrogens (primary N) is 1. The lowest BCUT2D eigenvalue weighted by molar-refractivity contribution is -0.138. The summed E-state index contributed by atoms with van der Waals surface area (Å²) in [6.45, 7) is 2.62. The third-order valence-electron chi connectivity index (χ3n) is 4.64. The number of carboxylic acid groups (broad SMARTS) is 1. The molecule has 1 heterocycles. The molecule has 3 aromatic rings. The lowest BCUT2D eigenvalue weighted by atomic mass is 10.1. The molecule has 0 bridgehead atoms. The van der Waals surface area contributed by atoms with Crippen LogP contribution in [0.3, 0.4) is 0 Å². The van der Waals surface area contributed by atoms with Gasteiger partial charge in [-0.15, -0.1) is 0 Å². The highest BCUT2D eigenvalue weighted by Gasteiger charge is 2.13. The van der Waals surface area contributed by atoms with E-state index >= 15 is 0 Å². The smallest absolute Gasteiger partial charge is 0.320 e. The Morgan fingerprint density at radius 1 is 1.17 bits per heavy atom. The Balaban J connectivity index is 1.50. The van der Waals surface area contributed by atoms with Crippen LogP contribution in [0.4, 0.5) is 0 Å². The van der Waals surface area contributed by atoms with Gasteiger partial charge in [0.25, 0.3) is 0 Å². The van der Waals surface area contributed by atoms with E-state index in [1.807, 2.05) is 54.6 Å². The van der Waals surface area contributed by atoms with E-state index in [2.05, 4.69) is 11.9 Å². The third kappa shape index (κ3) is 5.68. The molecule has 0 aliphatic rings. The summed E-state index contributed by atoms with van der Waals surface area (Å²) in [7, 11) is 0. The number of aryl methyl sites for hydroxylation is 2. The zero-order chi connectivity index (χ0) is 20.6. The number of rotatable bonds is 10. The number of aromatic nitrogens is 1. The second-order valence-corrected chi connectivity index (χ2v) is 6.85. The van der Waals surface area contributed by atoms with E-state index < -0.39 is 12.0 Å². The van der Waals surface area contributed by atoms with Crippen molar-refractivity contribution >= 4 is 5.97 Å². The Hall–Kier alpha value is -3.12. The molecule has 3 N–H and O–H groups in total. The molecule has 1 unspecified atom stereocenters. The van der Waals surface area contributed by atoms with Crippen molar-refractivity contribution in [2.75, 3.05) is 6.61 Å². The summed E-state index contributed by atoms with van der Waals surface area (Å²) in [6, 6.07) is 16.4. The van der Waals surface area contributed by atoms with Crippen molar-refractivity contribution < 1.29 is 19.1 Å². The molecular weight excluding hydrogens is 368 g/mol. The Bertz CT molecular complexity index is 920. The molecule has 1 aromatic heterocycles. The summed E-state index contributed by atoms with van der Waals surface area (Å²) in [5, 5.41) is 8.88. The molecule has 0 spiro atoms. The summed E-state index contributed by atoms with van der Waals surface area (Å²) >= 11 is 0. The Morgan fingerprint density at radius 3 is 2.55 bits per heavy atom. The number of carbonyl (C=O) groups is 1. The first-order valence-corrected chi connectivity index (χ1v) is 9.81. The predicted molar refractivity (Wildman–Crippen MR) is 111 cm³/mol. The topological polar surface area (TPSA) is 98.6 Å². The Morgan fingerprint density at radius 2 is 1.90 bits per heavy atom. The number of oxazole rings is 1. The molecule has 6 heteroatoms. The van der Waals surface area contributed by atoms with Crippen LogP contribution in [0, 0.1) is 0 Å². The fourth-order valence-corrected chi connectivity index (χ4v) is 3.05. The fraction of sp³-hybridized carbons (Fsp3) is 0.304. The second-order valence-electron chi connectivity index (χ2n) is 6.85. The van der Waals surface area contributed by atoms with Gasteiger partial charge in [0.2, 0.25) is 5.89 Å². The first kappa shape index (κ1) is 20.6. The van der Waals surface area contributed by atoms with Crippen LogP contribution in [0.1, 0.15) is 30.4 Å². The molecule has 3 rings (SSSR count). The number of aliphatic carboxylic acids is 1. The molecule has 152 valence electrons. The summed E-state index contributed by atoms with van der Waals surface area (Å²) in [5.41, 5.74) is 8.39. The highest BCUT2D eigenvalue weighted by molar-refractivity contribution is 5.73. The van der Waals surface area contributed by atoms with E-state index in [0.717, 1.165) is 47.6 Å². The molecule has 0 saturated carbocycles. The quantitative estimate of drug-likeness (QED) is 0.507. The minimum absolute atomic E-state index is 0.297. The summed E-state index contributed by atoms with van der Waals surface area (Å²) in [4.78, 5) is 15.5. The van der Waals surface area contributed by atoms with E-state index in [4.69, 9.17) is 20.0 Å². The average Bonchev–Trinajstić information content (AvgIpc) is 3.16. The first-order valence-electron chi connectivity index (χ1n) is 9.81. The van der Waals surface area contributed by atoms with Gasteiger partial charge in [-0.2, -0.15) is 0 Å². The van der Waals surface area contributed by atoms with Crippen LogP contribution in [0.5, 0.6) is 5.75 Å². The molecule has 0 aliphatic carbocycles. The van der Waals surface area contributed by atoms with E-state index in [9.17, 15) is 4.79 Å². The van der Waals surface area contributed by atoms with Crippen molar-refractivity contribution in [2.24, 2.45) is 5.73 Å². The molecule has 0 fully saturated rings. The fourth-order valence-electron chi connectivity index (χ4n) is 3.05. The highest BCUT2D eigenvalue weighted by Crippen LogP contribution is 2.23. The summed E-state index contributed by atoms with van der Waals surface area (Å²) in [6.07, 6.45) is 2.70. The number of hydrogen-bond acceptors (Lipinski definition) is 5. The van der Waals surface area contributed by atoms with Gasteiger partial charge in [-0.1, -0.05) is 37.3 Å². The largest absolute Gasteiger partial charge is 0.494 e. The Kier molecular flexibility index (Phi) is 7.03. The van der Waals surface area contributed by atoms with Gasteiger partial charge in [0.15, 0.2) is 0 Å². The molecule has 29 heavy (non-hydrogen) atoms. The van der Waals surface area contributed by atoms with Crippen molar-refractivity contribution in [1.82, 2.24) is 4.98 Å². The standard InChI is InChI=1S/C23H26N2O4/c1-2-21-20(25-22(29-21)17-7-4-3-5-8-17)9-6-14-28-18-12-10-16(11-13-18)15-19(24)23(26)27/h3-5,7-8,10-13,19H,2,6,9,14-15,24H2,1H3,(H,26,27). The maximum Gasteiger partial charge on any atom is 0.320 e. The van der Waals surface area contributed by atoms with Crippen molar-refractivity contribution in [3.8, 4) is 17.2 Å². The van der Waals surface area contributed by atoms with E-state index in [0.29, 0.717) is 18.9 Å². The average molecular weight is 394 g/mol. The summed E-state index contributed by atoms with van der Waals surface area (Å²) < 4.78 is 11.7. The normalized spacial score (nSPS) is 11.9. The third-order valence-corrected chi connectivity index (χ3v) is 4.64. The summed E-state index contributed by atoms with van der Waals surface area (Å²) in [5.74, 6) is 1.33. The number of ether oxygens (including phenoxy) is 1. The van der Waals surface area contributed by atoms with Gasteiger partial charge in [-0.3, -0.25) is 4.79 Å². The van der Waals surface area contributed by atoms with Gasteiger partial charge < -0.3 is 20.0 Å². The van der Waals surface area contributed by atoms with Crippen LogP contribution in [-0.4, -0.2) is 28.7 Å². The minimum Gasteiger partial charge on any atom is -0.494 e. The second kappa shape index (κ2) is 9.89. The maximum absolute atomic E-state index is 10.8. The number of nitrogens with zero attached hydrogens (tertiary/aromatic N) is 1. The van der Waals surface area contributed by atoms with Crippen molar-refractivity contribution in [2.45, 2.75) is 38.6 Å².